The lowest BCUT2D eigenvalue weighted by Gasteiger charge is -2.06. The van der Waals surface area contributed by atoms with Crippen LogP contribution in [0.2, 0.25) is 0 Å². The fraction of sp³-hybridized carbons (Fsp3) is 0.353. The number of hydrogen-bond donors (Lipinski definition) is 0. The third kappa shape index (κ3) is 2.55. The average molecular weight is 308 g/mol. The van der Waals surface area contributed by atoms with Crippen molar-refractivity contribution in [3.63, 3.8) is 0 Å². The molecule has 6 nitrogen and oxygen atoms in total. The van der Waals surface area contributed by atoms with E-state index in [1.165, 1.54) is 6.42 Å². The number of aryl methyl sites for hydroxylation is 1. The van der Waals surface area contributed by atoms with Crippen LogP contribution in [0.4, 0.5) is 0 Å². The van der Waals surface area contributed by atoms with Crippen LogP contribution < -0.4 is 9.47 Å². The molecule has 0 bridgehead atoms. The van der Waals surface area contributed by atoms with Crippen molar-refractivity contribution >= 4 is 11.6 Å². The van der Waals surface area contributed by atoms with Gasteiger partial charge in [0.05, 0.1) is 5.57 Å². The second kappa shape index (κ2) is 5.76. The van der Waals surface area contributed by atoms with Gasteiger partial charge in [-0.05, 0) is 36.6 Å². The summed E-state index contributed by atoms with van der Waals surface area (Å²) in [5.74, 6) is 3.07. The molecule has 0 N–H and O–H groups in total. The van der Waals surface area contributed by atoms with Gasteiger partial charge in [-0.1, -0.05) is 12.5 Å². The molecular weight excluding hydrogens is 292 g/mol. The Morgan fingerprint density at radius 1 is 1.17 bits per heavy atom. The van der Waals surface area contributed by atoms with Crippen molar-refractivity contribution in [3.8, 4) is 17.6 Å². The molecule has 0 saturated heterocycles. The molecule has 4 rings (SSSR count). The molecule has 0 amide bonds. The summed E-state index contributed by atoms with van der Waals surface area (Å²) in [6, 6.07) is 7.89. The lowest BCUT2D eigenvalue weighted by molar-refractivity contribution is 0.174. The van der Waals surface area contributed by atoms with Gasteiger partial charge < -0.3 is 14.0 Å². The van der Waals surface area contributed by atoms with E-state index in [1.54, 1.807) is 0 Å². The average Bonchev–Trinajstić information content (AvgIpc) is 3.13. The van der Waals surface area contributed by atoms with Crippen molar-refractivity contribution in [3.05, 3.63) is 35.4 Å². The Labute approximate surface area is 134 Å². The van der Waals surface area contributed by atoms with Crippen molar-refractivity contribution in [2.45, 2.75) is 32.2 Å². The van der Waals surface area contributed by atoms with E-state index in [0.717, 1.165) is 42.9 Å². The predicted molar refractivity (Wildman–Crippen MR) is 83.6 cm³/mol. The summed E-state index contributed by atoms with van der Waals surface area (Å²) in [5.41, 5.74) is 1.40. The van der Waals surface area contributed by atoms with Crippen LogP contribution in [0.25, 0.3) is 11.6 Å². The Morgan fingerprint density at radius 2 is 2.09 bits per heavy atom. The normalized spacial score (nSPS) is 16.6. The van der Waals surface area contributed by atoms with Gasteiger partial charge in [-0.3, -0.25) is 0 Å². The van der Waals surface area contributed by atoms with E-state index in [9.17, 15) is 5.26 Å². The summed E-state index contributed by atoms with van der Waals surface area (Å²) in [7, 11) is 0. The van der Waals surface area contributed by atoms with Crippen LogP contribution in [0.1, 0.15) is 36.5 Å². The minimum atomic E-state index is 0.241. The highest BCUT2D eigenvalue weighted by atomic mass is 16.7. The largest absolute Gasteiger partial charge is 0.454 e. The van der Waals surface area contributed by atoms with Gasteiger partial charge >= 0.3 is 0 Å². The molecule has 3 heterocycles. The SMILES string of the molecule is N#C/C(=C\c1ccc2c(c1)OCO2)c1nnc2n1CCCCC2. The topological polar surface area (TPSA) is 73.0 Å². The molecule has 116 valence electrons. The van der Waals surface area contributed by atoms with Crippen LogP contribution >= 0.6 is 0 Å². The van der Waals surface area contributed by atoms with E-state index in [0.29, 0.717) is 17.1 Å². The van der Waals surface area contributed by atoms with Crippen LogP contribution in [0.5, 0.6) is 11.5 Å². The first-order valence-corrected chi connectivity index (χ1v) is 7.79. The third-order valence-corrected chi connectivity index (χ3v) is 4.18. The lowest BCUT2D eigenvalue weighted by atomic mass is 10.1. The zero-order chi connectivity index (χ0) is 15.6. The molecule has 0 fully saturated rings. The maximum atomic E-state index is 9.57. The molecule has 0 unspecified atom stereocenters. The number of allylic oxidation sites excluding steroid dienone is 1. The van der Waals surface area contributed by atoms with Gasteiger partial charge in [0.15, 0.2) is 17.3 Å². The smallest absolute Gasteiger partial charge is 0.231 e. The Balaban J connectivity index is 1.72. The number of hydrogen-bond acceptors (Lipinski definition) is 5. The maximum Gasteiger partial charge on any atom is 0.231 e. The number of nitriles is 1. The summed E-state index contributed by atoms with van der Waals surface area (Å²) >= 11 is 0. The number of benzene rings is 1. The number of nitrogens with zero attached hydrogens (tertiary/aromatic N) is 4. The summed E-state index contributed by atoms with van der Waals surface area (Å²) in [4.78, 5) is 0. The molecule has 0 atom stereocenters. The lowest BCUT2D eigenvalue weighted by Crippen LogP contribution is -2.05. The van der Waals surface area contributed by atoms with Crippen molar-refractivity contribution in [2.75, 3.05) is 6.79 Å². The minimum absolute atomic E-state index is 0.241. The van der Waals surface area contributed by atoms with Crippen LogP contribution in [0.15, 0.2) is 18.2 Å². The van der Waals surface area contributed by atoms with Crippen molar-refractivity contribution in [1.82, 2.24) is 14.8 Å². The summed E-state index contributed by atoms with van der Waals surface area (Å²) in [5, 5.41) is 18.1. The molecule has 0 saturated carbocycles. The fourth-order valence-electron chi connectivity index (χ4n) is 3.00. The fourth-order valence-corrected chi connectivity index (χ4v) is 3.00. The highest BCUT2D eigenvalue weighted by Crippen LogP contribution is 2.33. The number of aromatic nitrogens is 3. The molecule has 1 aromatic carbocycles. The molecule has 1 aromatic heterocycles. The maximum absolute atomic E-state index is 9.57. The number of ether oxygens (including phenoxy) is 2. The quantitative estimate of drug-likeness (QED) is 0.798. The Kier molecular flexibility index (Phi) is 3.46. The van der Waals surface area contributed by atoms with E-state index in [1.807, 2.05) is 24.3 Å². The highest BCUT2D eigenvalue weighted by molar-refractivity contribution is 5.87. The van der Waals surface area contributed by atoms with Gasteiger partial charge in [0, 0.05) is 13.0 Å². The van der Waals surface area contributed by atoms with E-state index in [2.05, 4.69) is 20.8 Å². The monoisotopic (exact) mass is 308 g/mol. The molecule has 23 heavy (non-hydrogen) atoms. The minimum Gasteiger partial charge on any atom is -0.454 e. The molecule has 2 aromatic rings. The molecule has 2 aliphatic heterocycles. The third-order valence-electron chi connectivity index (χ3n) is 4.18. The van der Waals surface area contributed by atoms with Crippen molar-refractivity contribution < 1.29 is 9.47 Å². The number of fused-ring (bicyclic) bond motifs is 2. The van der Waals surface area contributed by atoms with Crippen molar-refractivity contribution in [2.24, 2.45) is 0 Å². The molecule has 0 radical (unpaired) electrons. The summed E-state index contributed by atoms with van der Waals surface area (Å²) in [6.07, 6.45) is 6.17. The van der Waals surface area contributed by atoms with Gasteiger partial charge in [0.2, 0.25) is 6.79 Å². The van der Waals surface area contributed by atoms with Crippen LogP contribution in [-0.2, 0) is 13.0 Å². The molecule has 0 aliphatic carbocycles. The van der Waals surface area contributed by atoms with Gasteiger partial charge in [-0.15, -0.1) is 10.2 Å². The molecule has 0 spiro atoms. The summed E-state index contributed by atoms with van der Waals surface area (Å²) < 4.78 is 12.8. The summed E-state index contributed by atoms with van der Waals surface area (Å²) in [6.45, 7) is 1.11. The first-order chi connectivity index (χ1) is 11.3. The highest BCUT2D eigenvalue weighted by Gasteiger charge is 2.18. The van der Waals surface area contributed by atoms with E-state index < -0.39 is 0 Å². The Morgan fingerprint density at radius 3 is 3.00 bits per heavy atom. The van der Waals surface area contributed by atoms with Crippen molar-refractivity contribution in [1.29, 1.82) is 5.26 Å². The zero-order valence-corrected chi connectivity index (χ0v) is 12.7. The molecular formula is C17H16N4O2. The van der Waals surface area contributed by atoms with E-state index in [4.69, 9.17) is 9.47 Å². The van der Waals surface area contributed by atoms with Crippen LogP contribution in [0.3, 0.4) is 0 Å². The Hall–Kier alpha value is -2.81. The number of rotatable bonds is 2. The second-order valence-corrected chi connectivity index (χ2v) is 5.68. The van der Waals surface area contributed by atoms with E-state index >= 15 is 0 Å². The first kappa shape index (κ1) is 13.8. The zero-order valence-electron chi connectivity index (χ0n) is 12.7. The standard InChI is InChI=1S/C17H16N4O2/c18-10-13(8-12-5-6-14-15(9-12)23-11-22-14)17-20-19-16-4-2-1-3-7-21(16)17/h5-6,8-9H,1-4,7,11H2/b13-8+. The molecule has 2 aliphatic rings. The van der Waals surface area contributed by atoms with E-state index in [-0.39, 0.29) is 6.79 Å². The molecule has 6 heteroatoms. The van der Waals surface area contributed by atoms with Gasteiger partial charge in [0.25, 0.3) is 0 Å². The van der Waals surface area contributed by atoms with Crippen LogP contribution in [0, 0.1) is 11.3 Å². The second-order valence-electron chi connectivity index (χ2n) is 5.68. The van der Waals surface area contributed by atoms with Gasteiger partial charge in [-0.25, -0.2) is 0 Å². The van der Waals surface area contributed by atoms with Crippen LogP contribution in [-0.4, -0.2) is 21.6 Å². The Bertz CT molecular complexity index is 816. The van der Waals surface area contributed by atoms with Gasteiger partial charge in [0.1, 0.15) is 11.9 Å². The van der Waals surface area contributed by atoms with Gasteiger partial charge in [-0.2, -0.15) is 5.26 Å². The first-order valence-electron chi connectivity index (χ1n) is 7.79. The predicted octanol–water partition coefficient (Wildman–Crippen LogP) is 2.80.